The molecule has 0 saturated carbocycles. The predicted molar refractivity (Wildman–Crippen MR) is 67.7 cm³/mol. The maximum atomic E-state index is 10.1. The zero-order chi connectivity index (χ0) is 14.7. The van der Waals surface area contributed by atoms with Gasteiger partial charge in [-0.05, 0) is 12.8 Å². The molecule has 1 aromatic heterocycles. The normalized spacial score (nSPS) is 34.4. The van der Waals surface area contributed by atoms with Crippen LogP contribution in [-0.2, 0) is 11.2 Å². The number of aliphatic hydroxyl groups is 4. The Morgan fingerprint density at radius 3 is 2.70 bits per heavy atom. The molecule has 114 valence electrons. The van der Waals surface area contributed by atoms with E-state index in [4.69, 9.17) is 4.74 Å². The fourth-order valence-electron chi connectivity index (χ4n) is 2.34. The van der Waals surface area contributed by atoms with E-state index in [1.807, 2.05) is 0 Å². The minimum atomic E-state index is -1.53. The summed E-state index contributed by atoms with van der Waals surface area (Å²) in [6.07, 6.45) is -0.678. The van der Waals surface area contributed by atoms with Gasteiger partial charge in [-0.15, -0.1) is 5.10 Å². The van der Waals surface area contributed by atoms with Crippen LogP contribution in [-0.4, -0.2) is 66.6 Å². The van der Waals surface area contributed by atoms with Gasteiger partial charge in [0.05, 0.1) is 12.3 Å². The molecule has 2 rings (SSSR count). The molecule has 1 aromatic rings. The minimum absolute atomic E-state index is 0.407. The number of aliphatic hydroxyl groups excluding tert-OH is 4. The summed E-state index contributed by atoms with van der Waals surface area (Å²) in [5, 5.41) is 46.4. The Bertz CT molecular complexity index is 425. The third-order valence-corrected chi connectivity index (χ3v) is 3.52. The highest BCUT2D eigenvalue weighted by Crippen LogP contribution is 2.28. The molecule has 8 nitrogen and oxygen atoms in total. The first-order valence-corrected chi connectivity index (χ1v) is 6.79. The van der Waals surface area contributed by atoms with Gasteiger partial charge in [0, 0.05) is 6.20 Å². The molecule has 1 unspecified atom stereocenters. The molecule has 0 bridgehead atoms. The van der Waals surface area contributed by atoms with E-state index in [2.05, 4.69) is 17.2 Å². The predicted octanol–water partition coefficient (Wildman–Crippen LogP) is -1.41. The zero-order valence-electron chi connectivity index (χ0n) is 11.3. The van der Waals surface area contributed by atoms with Gasteiger partial charge in [-0.2, -0.15) is 0 Å². The summed E-state index contributed by atoms with van der Waals surface area (Å²) in [6.45, 7) is 1.67. The first kappa shape index (κ1) is 15.3. The molecule has 2 heterocycles. The second kappa shape index (κ2) is 6.59. The van der Waals surface area contributed by atoms with E-state index in [-0.39, 0.29) is 0 Å². The molecule has 0 spiro atoms. The van der Waals surface area contributed by atoms with Gasteiger partial charge in [-0.25, -0.2) is 4.68 Å². The largest absolute Gasteiger partial charge is 0.394 e. The highest BCUT2D eigenvalue weighted by molar-refractivity contribution is 4.98. The molecule has 0 aliphatic carbocycles. The smallest absolute Gasteiger partial charge is 0.184 e. The molecule has 5 atom stereocenters. The summed E-state index contributed by atoms with van der Waals surface area (Å²) in [4.78, 5) is 0. The Balaban J connectivity index is 2.17. The topological polar surface area (TPSA) is 121 Å². The van der Waals surface area contributed by atoms with Gasteiger partial charge in [0.15, 0.2) is 6.29 Å². The fourth-order valence-corrected chi connectivity index (χ4v) is 2.34. The summed E-state index contributed by atoms with van der Waals surface area (Å²) >= 11 is 0. The lowest BCUT2D eigenvalue weighted by Gasteiger charge is -2.39. The SMILES string of the molecule is CCCCc1cn([C@H]2[C@H](O)[C@@H](O)C(O)O[C@@H]2CO)nn1. The van der Waals surface area contributed by atoms with E-state index in [9.17, 15) is 20.4 Å². The molecule has 8 heteroatoms. The van der Waals surface area contributed by atoms with Gasteiger partial charge in [-0.3, -0.25) is 0 Å². The molecular formula is C12H21N3O5. The Labute approximate surface area is 116 Å². The van der Waals surface area contributed by atoms with E-state index < -0.39 is 37.3 Å². The number of nitrogens with zero attached hydrogens (tertiary/aromatic N) is 3. The summed E-state index contributed by atoms with van der Waals surface area (Å²) in [5.74, 6) is 0. The van der Waals surface area contributed by atoms with Crippen LogP contribution in [0.4, 0.5) is 0 Å². The van der Waals surface area contributed by atoms with Crippen LogP contribution >= 0.6 is 0 Å². The number of rotatable bonds is 5. The maximum absolute atomic E-state index is 10.1. The zero-order valence-corrected chi connectivity index (χ0v) is 11.3. The van der Waals surface area contributed by atoms with Crippen molar-refractivity contribution in [3.63, 3.8) is 0 Å². The third-order valence-electron chi connectivity index (χ3n) is 3.52. The van der Waals surface area contributed by atoms with Gasteiger partial charge in [0.25, 0.3) is 0 Å². The standard InChI is InChI=1S/C12H21N3O5/c1-2-3-4-7-5-15(14-13-7)9-8(6-16)20-12(19)11(18)10(9)17/h5,8-12,16-19H,2-4,6H2,1H3/t8-,9-,10+,11-,12?/m1/s1. The van der Waals surface area contributed by atoms with Gasteiger partial charge in [-0.1, -0.05) is 18.6 Å². The number of aryl methyl sites for hydroxylation is 1. The molecule has 1 aliphatic rings. The quantitative estimate of drug-likeness (QED) is 0.525. The monoisotopic (exact) mass is 287 g/mol. The van der Waals surface area contributed by atoms with Crippen LogP contribution in [0.3, 0.4) is 0 Å². The summed E-state index contributed by atoms with van der Waals surface area (Å²) in [6, 6.07) is -0.790. The van der Waals surface area contributed by atoms with Gasteiger partial charge in [0.2, 0.25) is 0 Å². The number of ether oxygens (including phenoxy) is 1. The summed E-state index contributed by atoms with van der Waals surface area (Å²) < 4.78 is 6.46. The maximum Gasteiger partial charge on any atom is 0.184 e. The van der Waals surface area contributed by atoms with Crippen molar-refractivity contribution in [1.29, 1.82) is 0 Å². The highest BCUT2D eigenvalue weighted by Gasteiger charge is 2.45. The van der Waals surface area contributed by atoms with Crippen molar-refractivity contribution in [2.24, 2.45) is 0 Å². The van der Waals surface area contributed by atoms with Crippen molar-refractivity contribution in [3.8, 4) is 0 Å². The first-order valence-electron chi connectivity index (χ1n) is 6.79. The second-order valence-electron chi connectivity index (χ2n) is 5.01. The minimum Gasteiger partial charge on any atom is -0.394 e. The van der Waals surface area contributed by atoms with Gasteiger partial charge >= 0.3 is 0 Å². The van der Waals surface area contributed by atoms with E-state index in [0.29, 0.717) is 0 Å². The molecule has 20 heavy (non-hydrogen) atoms. The molecule has 0 aromatic carbocycles. The lowest BCUT2D eigenvalue weighted by Crippen LogP contribution is -2.56. The van der Waals surface area contributed by atoms with Crippen molar-refractivity contribution in [2.45, 2.75) is 56.8 Å². The average molecular weight is 287 g/mol. The third kappa shape index (κ3) is 2.99. The molecular weight excluding hydrogens is 266 g/mol. The van der Waals surface area contributed by atoms with Crippen molar-refractivity contribution >= 4 is 0 Å². The fraction of sp³-hybridized carbons (Fsp3) is 0.833. The molecule has 1 aliphatic heterocycles. The van der Waals surface area contributed by atoms with E-state index in [1.165, 1.54) is 4.68 Å². The highest BCUT2D eigenvalue weighted by atomic mass is 16.6. The Hall–Kier alpha value is -1.06. The van der Waals surface area contributed by atoms with Crippen LogP contribution < -0.4 is 0 Å². The van der Waals surface area contributed by atoms with Crippen molar-refractivity contribution in [3.05, 3.63) is 11.9 Å². The number of unbranched alkanes of at least 4 members (excludes halogenated alkanes) is 1. The lowest BCUT2D eigenvalue weighted by atomic mass is 9.96. The van der Waals surface area contributed by atoms with Crippen LogP contribution in [0.5, 0.6) is 0 Å². The van der Waals surface area contributed by atoms with Crippen molar-refractivity contribution < 1.29 is 25.2 Å². The van der Waals surface area contributed by atoms with Crippen molar-refractivity contribution in [1.82, 2.24) is 15.0 Å². The van der Waals surface area contributed by atoms with Crippen LogP contribution in [0.1, 0.15) is 31.5 Å². The number of hydrogen-bond donors (Lipinski definition) is 4. The molecule has 0 radical (unpaired) electrons. The van der Waals surface area contributed by atoms with Gasteiger partial charge < -0.3 is 25.2 Å². The van der Waals surface area contributed by atoms with Crippen molar-refractivity contribution in [2.75, 3.05) is 6.61 Å². The molecule has 0 amide bonds. The summed E-state index contributed by atoms with van der Waals surface area (Å²) in [5.41, 5.74) is 0.774. The Kier molecular flexibility index (Phi) is 5.06. The molecule has 1 fully saturated rings. The lowest BCUT2D eigenvalue weighted by molar-refractivity contribution is -0.270. The van der Waals surface area contributed by atoms with Crippen LogP contribution in [0, 0.1) is 0 Å². The van der Waals surface area contributed by atoms with Gasteiger partial charge in [0.1, 0.15) is 24.4 Å². The van der Waals surface area contributed by atoms with E-state index >= 15 is 0 Å². The number of aromatic nitrogens is 3. The average Bonchev–Trinajstić information content (AvgIpc) is 2.90. The first-order chi connectivity index (χ1) is 9.58. The van der Waals surface area contributed by atoms with Crippen LogP contribution in [0.25, 0.3) is 0 Å². The van der Waals surface area contributed by atoms with E-state index in [1.54, 1.807) is 6.20 Å². The number of hydrogen-bond acceptors (Lipinski definition) is 7. The molecule has 4 N–H and O–H groups in total. The van der Waals surface area contributed by atoms with Crippen LogP contribution in [0.2, 0.25) is 0 Å². The second-order valence-corrected chi connectivity index (χ2v) is 5.01. The summed E-state index contributed by atoms with van der Waals surface area (Å²) in [7, 11) is 0. The van der Waals surface area contributed by atoms with Crippen LogP contribution in [0.15, 0.2) is 6.20 Å². The van der Waals surface area contributed by atoms with E-state index in [0.717, 1.165) is 25.0 Å². The molecule has 1 saturated heterocycles. The Morgan fingerprint density at radius 1 is 1.30 bits per heavy atom. The Morgan fingerprint density at radius 2 is 2.05 bits per heavy atom.